The van der Waals surface area contributed by atoms with Crippen molar-refractivity contribution in [1.29, 1.82) is 0 Å². The maximum Gasteiger partial charge on any atom is 0.254 e. The maximum atomic E-state index is 12.6. The molecule has 0 unspecified atom stereocenters. The summed E-state index contributed by atoms with van der Waals surface area (Å²) >= 11 is 0. The molecule has 0 aliphatic heterocycles. The Morgan fingerprint density at radius 3 is 1.89 bits per heavy atom. The Morgan fingerprint density at radius 1 is 0.926 bits per heavy atom. The maximum absolute atomic E-state index is 12.6. The van der Waals surface area contributed by atoms with Crippen molar-refractivity contribution < 1.29 is 9.21 Å². The quantitative estimate of drug-likeness (QED) is 0.582. The molecule has 5 heteroatoms. The molecule has 1 aromatic heterocycles. The molecule has 0 radical (unpaired) electrons. The lowest BCUT2D eigenvalue weighted by Crippen LogP contribution is -2.31. The number of amides is 1. The second-order valence-corrected chi connectivity index (χ2v) is 6.14. The molecule has 136 valence electrons. The Kier molecular flexibility index (Phi) is 5.61. The van der Waals surface area contributed by atoms with E-state index in [0.29, 0.717) is 30.4 Å². The Balaban J connectivity index is 1.79. The van der Waals surface area contributed by atoms with Gasteiger partial charge >= 0.3 is 0 Å². The van der Waals surface area contributed by atoms with Crippen molar-refractivity contribution in [3.8, 4) is 22.9 Å². The van der Waals surface area contributed by atoms with Crippen LogP contribution in [0.2, 0.25) is 0 Å². The predicted molar refractivity (Wildman–Crippen MR) is 106 cm³/mol. The van der Waals surface area contributed by atoms with Crippen molar-refractivity contribution in [2.45, 2.75) is 6.92 Å². The van der Waals surface area contributed by atoms with Crippen molar-refractivity contribution in [1.82, 2.24) is 15.1 Å². The fraction of sp³-hybridized carbons (Fsp3) is 0.136. The lowest BCUT2D eigenvalue weighted by Gasteiger charge is -2.19. The van der Waals surface area contributed by atoms with E-state index < -0.39 is 0 Å². The number of hydrogen-bond donors (Lipinski definition) is 0. The molecule has 0 saturated heterocycles. The monoisotopic (exact) mass is 359 g/mol. The molecule has 27 heavy (non-hydrogen) atoms. The average Bonchev–Trinajstić information content (AvgIpc) is 3.18. The highest BCUT2D eigenvalue weighted by Gasteiger charge is 2.15. The standard InChI is InChI=1S/C22H21N3O2/c1-4-14-25(15-5-2)22(26)19-12-10-18(11-13-19)21-24-23-20(27-21)17-8-6-16(3)7-9-17/h4-13H,1-2,14-15H2,3H3. The van der Waals surface area contributed by atoms with Crippen molar-refractivity contribution in [2.24, 2.45) is 0 Å². The minimum Gasteiger partial charge on any atom is -0.416 e. The van der Waals surface area contributed by atoms with Gasteiger partial charge in [0.15, 0.2) is 0 Å². The van der Waals surface area contributed by atoms with E-state index in [1.165, 1.54) is 5.56 Å². The number of hydrogen-bond acceptors (Lipinski definition) is 4. The average molecular weight is 359 g/mol. The molecule has 0 spiro atoms. The van der Waals surface area contributed by atoms with Gasteiger partial charge in [0.1, 0.15) is 0 Å². The fourth-order valence-corrected chi connectivity index (χ4v) is 2.64. The molecule has 0 fully saturated rings. The van der Waals surface area contributed by atoms with Gasteiger partial charge in [-0.15, -0.1) is 23.4 Å². The van der Waals surface area contributed by atoms with E-state index in [4.69, 9.17) is 4.42 Å². The van der Waals surface area contributed by atoms with Gasteiger partial charge in [-0.05, 0) is 43.3 Å². The van der Waals surface area contributed by atoms with Gasteiger partial charge in [-0.2, -0.15) is 0 Å². The first-order chi connectivity index (χ1) is 13.1. The topological polar surface area (TPSA) is 59.2 Å². The van der Waals surface area contributed by atoms with Crippen LogP contribution >= 0.6 is 0 Å². The van der Waals surface area contributed by atoms with Crippen LogP contribution in [-0.4, -0.2) is 34.1 Å². The van der Waals surface area contributed by atoms with Crippen molar-refractivity contribution in [3.63, 3.8) is 0 Å². The van der Waals surface area contributed by atoms with Crippen LogP contribution < -0.4 is 0 Å². The molecule has 3 aromatic rings. The zero-order chi connectivity index (χ0) is 19.2. The summed E-state index contributed by atoms with van der Waals surface area (Å²) in [5.41, 5.74) is 3.38. The van der Waals surface area contributed by atoms with Crippen LogP contribution in [0.15, 0.2) is 78.3 Å². The van der Waals surface area contributed by atoms with Gasteiger partial charge in [0.2, 0.25) is 11.8 Å². The van der Waals surface area contributed by atoms with E-state index in [2.05, 4.69) is 23.4 Å². The highest BCUT2D eigenvalue weighted by molar-refractivity contribution is 5.94. The summed E-state index contributed by atoms with van der Waals surface area (Å²) in [5, 5.41) is 8.23. The summed E-state index contributed by atoms with van der Waals surface area (Å²) in [6.45, 7) is 10.3. The Morgan fingerprint density at radius 2 is 1.41 bits per heavy atom. The number of carbonyl (C=O) groups is 1. The third kappa shape index (κ3) is 4.20. The van der Waals surface area contributed by atoms with Gasteiger partial charge < -0.3 is 9.32 Å². The summed E-state index contributed by atoms with van der Waals surface area (Å²) in [6.07, 6.45) is 3.39. The smallest absolute Gasteiger partial charge is 0.254 e. The van der Waals surface area contributed by atoms with Crippen LogP contribution in [0, 0.1) is 6.92 Å². The van der Waals surface area contributed by atoms with Gasteiger partial charge in [0, 0.05) is 29.8 Å². The second-order valence-electron chi connectivity index (χ2n) is 6.14. The minimum absolute atomic E-state index is 0.0766. The molecule has 0 N–H and O–H groups in total. The van der Waals surface area contributed by atoms with E-state index in [0.717, 1.165) is 11.1 Å². The molecule has 0 saturated carbocycles. The Hall–Kier alpha value is -3.47. The molecular weight excluding hydrogens is 338 g/mol. The van der Waals surface area contributed by atoms with Crippen LogP contribution in [0.1, 0.15) is 15.9 Å². The highest BCUT2D eigenvalue weighted by atomic mass is 16.4. The molecule has 0 aliphatic rings. The van der Waals surface area contributed by atoms with Crippen LogP contribution in [0.25, 0.3) is 22.9 Å². The van der Waals surface area contributed by atoms with Gasteiger partial charge in [0.25, 0.3) is 5.91 Å². The molecule has 0 aliphatic carbocycles. The number of aryl methyl sites for hydroxylation is 1. The SMILES string of the molecule is C=CCN(CC=C)C(=O)c1ccc(-c2nnc(-c3ccc(C)cc3)o2)cc1. The third-order valence-corrected chi connectivity index (χ3v) is 4.09. The van der Waals surface area contributed by atoms with Crippen LogP contribution in [0.4, 0.5) is 0 Å². The fourth-order valence-electron chi connectivity index (χ4n) is 2.64. The van der Waals surface area contributed by atoms with Crippen LogP contribution in [-0.2, 0) is 0 Å². The molecule has 5 nitrogen and oxygen atoms in total. The van der Waals surface area contributed by atoms with E-state index >= 15 is 0 Å². The van der Waals surface area contributed by atoms with Gasteiger partial charge in [0.05, 0.1) is 0 Å². The first-order valence-corrected chi connectivity index (χ1v) is 8.64. The van der Waals surface area contributed by atoms with Gasteiger partial charge in [-0.3, -0.25) is 4.79 Å². The number of carbonyl (C=O) groups excluding carboxylic acids is 1. The van der Waals surface area contributed by atoms with E-state index in [1.807, 2.05) is 31.2 Å². The molecule has 1 amide bonds. The highest BCUT2D eigenvalue weighted by Crippen LogP contribution is 2.24. The van der Waals surface area contributed by atoms with Gasteiger partial charge in [-0.1, -0.05) is 29.8 Å². The van der Waals surface area contributed by atoms with E-state index in [-0.39, 0.29) is 5.91 Å². The van der Waals surface area contributed by atoms with Crippen molar-refractivity contribution in [2.75, 3.05) is 13.1 Å². The zero-order valence-corrected chi connectivity index (χ0v) is 15.3. The minimum atomic E-state index is -0.0766. The van der Waals surface area contributed by atoms with E-state index in [1.54, 1.807) is 41.3 Å². The van der Waals surface area contributed by atoms with E-state index in [9.17, 15) is 4.79 Å². The Labute approximate surface area is 158 Å². The third-order valence-electron chi connectivity index (χ3n) is 4.09. The second kappa shape index (κ2) is 8.27. The molecular formula is C22H21N3O2. The van der Waals surface area contributed by atoms with Crippen molar-refractivity contribution in [3.05, 3.63) is 85.0 Å². The number of rotatable bonds is 7. The summed E-state index contributed by atoms with van der Waals surface area (Å²) in [5.74, 6) is 0.805. The predicted octanol–water partition coefficient (Wildman–Crippen LogP) is 4.53. The van der Waals surface area contributed by atoms with Crippen molar-refractivity contribution >= 4 is 5.91 Å². The first kappa shape index (κ1) is 18.3. The summed E-state index contributed by atoms with van der Waals surface area (Å²) in [4.78, 5) is 14.2. The Bertz CT molecular complexity index is 930. The lowest BCUT2D eigenvalue weighted by molar-refractivity contribution is 0.0791. The normalized spacial score (nSPS) is 10.4. The molecule has 2 aromatic carbocycles. The molecule has 1 heterocycles. The summed E-state index contributed by atoms with van der Waals surface area (Å²) in [6, 6.07) is 15.0. The molecule has 0 bridgehead atoms. The number of nitrogens with zero attached hydrogens (tertiary/aromatic N) is 3. The molecule has 0 atom stereocenters. The largest absolute Gasteiger partial charge is 0.416 e. The number of aromatic nitrogens is 2. The number of benzene rings is 2. The summed E-state index contributed by atoms with van der Waals surface area (Å²) in [7, 11) is 0. The van der Waals surface area contributed by atoms with Crippen LogP contribution in [0.5, 0.6) is 0 Å². The first-order valence-electron chi connectivity index (χ1n) is 8.64. The summed E-state index contributed by atoms with van der Waals surface area (Å²) < 4.78 is 5.78. The van der Waals surface area contributed by atoms with Crippen LogP contribution in [0.3, 0.4) is 0 Å². The lowest BCUT2D eigenvalue weighted by atomic mass is 10.1. The van der Waals surface area contributed by atoms with Gasteiger partial charge in [-0.25, -0.2) is 0 Å². The zero-order valence-electron chi connectivity index (χ0n) is 15.3. The molecule has 3 rings (SSSR count).